The number of aliphatic hydroxyl groups excluding tert-OH is 1. The lowest BCUT2D eigenvalue weighted by atomic mass is 9.84. The van der Waals surface area contributed by atoms with Crippen molar-refractivity contribution in [3.05, 3.63) is 0 Å². The number of urea groups is 1. The second kappa shape index (κ2) is 8.22. The average Bonchev–Trinajstić information content (AvgIpc) is 2.45. The van der Waals surface area contributed by atoms with E-state index in [1.807, 2.05) is 13.8 Å². The van der Waals surface area contributed by atoms with Gasteiger partial charge < -0.3 is 20.4 Å². The van der Waals surface area contributed by atoms with Gasteiger partial charge in [0.15, 0.2) is 0 Å². The zero-order valence-corrected chi connectivity index (χ0v) is 13.1. The second-order valence-electron chi connectivity index (χ2n) is 6.68. The molecule has 1 heterocycles. The molecule has 0 aromatic carbocycles. The number of hydrogen-bond acceptors (Lipinski definition) is 3. The number of aliphatic hydroxyl groups is 1. The highest BCUT2D eigenvalue weighted by Gasteiger charge is 2.24. The predicted molar refractivity (Wildman–Crippen MR) is 80.0 cm³/mol. The van der Waals surface area contributed by atoms with Gasteiger partial charge >= 0.3 is 12.0 Å². The van der Waals surface area contributed by atoms with Gasteiger partial charge in [0.2, 0.25) is 0 Å². The lowest BCUT2D eigenvalue weighted by Crippen LogP contribution is -2.46. The number of hydrogen-bond donors (Lipinski definition) is 3. The first-order valence-corrected chi connectivity index (χ1v) is 7.69. The third kappa shape index (κ3) is 6.80. The van der Waals surface area contributed by atoms with Crippen LogP contribution < -0.4 is 5.32 Å². The Balaban J connectivity index is 2.27. The Kier molecular flexibility index (Phi) is 6.95. The van der Waals surface area contributed by atoms with Crippen molar-refractivity contribution in [1.29, 1.82) is 0 Å². The molecule has 1 aliphatic heterocycles. The molecule has 1 saturated heterocycles. The largest absolute Gasteiger partial charge is 0.481 e. The fraction of sp³-hybridized carbons (Fsp3) is 0.867. The molecule has 1 atom stereocenters. The van der Waals surface area contributed by atoms with E-state index in [0.717, 1.165) is 25.8 Å². The van der Waals surface area contributed by atoms with Crippen LogP contribution in [0.3, 0.4) is 0 Å². The molecule has 0 aliphatic carbocycles. The van der Waals surface area contributed by atoms with E-state index in [4.69, 9.17) is 5.11 Å². The minimum absolute atomic E-state index is 0.0813. The summed E-state index contributed by atoms with van der Waals surface area (Å²) in [4.78, 5) is 24.4. The maximum atomic E-state index is 12.1. The van der Waals surface area contributed by atoms with Gasteiger partial charge in [-0.25, -0.2) is 4.79 Å². The predicted octanol–water partition coefficient (Wildman–Crippen LogP) is 1.68. The maximum absolute atomic E-state index is 12.1. The zero-order valence-electron chi connectivity index (χ0n) is 13.1. The first-order valence-electron chi connectivity index (χ1n) is 7.69. The molecule has 122 valence electrons. The zero-order chi connectivity index (χ0) is 15.9. The van der Waals surface area contributed by atoms with E-state index >= 15 is 0 Å². The van der Waals surface area contributed by atoms with Crippen LogP contribution >= 0.6 is 0 Å². The van der Waals surface area contributed by atoms with Crippen molar-refractivity contribution in [3.63, 3.8) is 0 Å². The summed E-state index contributed by atoms with van der Waals surface area (Å²) in [5.74, 6) is -0.591. The smallest absolute Gasteiger partial charge is 0.317 e. The van der Waals surface area contributed by atoms with Crippen LogP contribution in [0, 0.1) is 11.3 Å². The van der Waals surface area contributed by atoms with Crippen molar-refractivity contribution in [1.82, 2.24) is 10.2 Å². The van der Waals surface area contributed by atoms with Crippen molar-refractivity contribution in [3.8, 4) is 0 Å². The van der Waals surface area contributed by atoms with Crippen LogP contribution in [-0.4, -0.2) is 53.4 Å². The molecule has 0 saturated carbocycles. The first-order chi connectivity index (χ1) is 9.84. The molecular formula is C15H28N2O4. The lowest BCUT2D eigenvalue weighted by molar-refractivity contribution is -0.137. The van der Waals surface area contributed by atoms with Crippen molar-refractivity contribution in [2.45, 2.75) is 46.0 Å². The second-order valence-corrected chi connectivity index (χ2v) is 6.68. The van der Waals surface area contributed by atoms with E-state index in [1.165, 1.54) is 0 Å². The van der Waals surface area contributed by atoms with Crippen LogP contribution in [0.4, 0.5) is 4.79 Å². The minimum Gasteiger partial charge on any atom is -0.481 e. The summed E-state index contributed by atoms with van der Waals surface area (Å²) in [6.07, 6.45) is 3.42. The van der Waals surface area contributed by atoms with Gasteiger partial charge in [-0.1, -0.05) is 13.8 Å². The van der Waals surface area contributed by atoms with Crippen molar-refractivity contribution < 1.29 is 19.8 Å². The number of carboxylic acids is 1. The Morgan fingerprint density at radius 2 is 2.05 bits per heavy atom. The normalized spacial score (nSPS) is 19.4. The Labute approximate surface area is 126 Å². The number of amides is 2. The number of carboxylic acid groups (broad SMARTS) is 1. The Hall–Kier alpha value is -1.30. The maximum Gasteiger partial charge on any atom is 0.317 e. The summed E-state index contributed by atoms with van der Waals surface area (Å²) in [6, 6.07) is -0.0813. The number of aliphatic carboxylic acids is 1. The van der Waals surface area contributed by atoms with Gasteiger partial charge in [0, 0.05) is 32.7 Å². The molecule has 21 heavy (non-hydrogen) atoms. The van der Waals surface area contributed by atoms with Gasteiger partial charge in [0.25, 0.3) is 0 Å². The molecule has 0 aromatic heterocycles. The van der Waals surface area contributed by atoms with Gasteiger partial charge in [-0.3, -0.25) is 4.79 Å². The van der Waals surface area contributed by atoms with E-state index in [2.05, 4.69) is 5.32 Å². The van der Waals surface area contributed by atoms with E-state index in [-0.39, 0.29) is 30.4 Å². The van der Waals surface area contributed by atoms with Gasteiger partial charge in [-0.15, -0.1) is 0 Å². The molecular weight excluding hydrogens is 272 g/mol. The number of nitrogens with one attached hydrogen (secondary N) is 1. The Morgan fingerprint density at radius 1 is 1.33 bits per heavy atom. The minimum atomic E-state index is -0.782. The molecule has 3 N–H and O–H groups in total. The summed E-state index contributed by atoms with van der Waals surface area (Å²) in [5, 5.41) is 20.8. The van der Waals surface area contributed by atoms with Gasteiger partial charge in [0.05, 0.1) is 0 Å². The van der Waals surface area contributed by atoms with Crippen LogP contribution in [-0.2, 0) is 4.79 Å². The molecule has 1 aliphatic rings. The molecule has 0 radical (unpaired) electrons. The Bertz CT molecular complexity index is 358. The quantitative estimate of drug-likeness (QED) is 0.667. The fourth-order valence-corrected chi connectivity index (χ4v) is 2.59. The van der Waals surface area contributed by atoms with Crippen molar-refractivity contribution in [2.24, 2.45) is 11.3 Å². The molecule has 6 heteroatoms. The average molecular weight is 300 g/mol. The lowest BCUT2D eigenvalue weighted by Gasteiger charge is -2.32. The molecule has 6 nitrogen and oxygen atoms in total. The van der Waals surface area contributed by atoms with Crippen LogP contribution in [0.1, 0.15) is 46.0 Å². The summed E-state index contributed by atoms with van der Waals surface area (Å²) in [7, 11) is 0. The molecule has 1 rings (SSSR count). The number of likely N-dealkylation sites (tertiary alicyclic amines) is 1. The third-order valence-electron chi connectivity index (χ3n) is 4.16. The monoisotopic (exact) mass is 300 g/mol. The number of carbonyl (C=O) groups excluding carboxylic acids is 1. The first kappa shape index (κ1) is 17.8. The topological polar surface area (TPSA) is 89.9 Å². The van der Waals surface area contributed by atoms with E-state index in [9.17, 15) is 14.7 Å². The van der Waals surface area contributed by atoms with E-state index < -0.39 is 5.97 Å². The number of piperidine rings is 1. The van der Waals surface area contributed by atoms with Crippen molar-refractivity contribution in [2.75, 3.05) is 26.2 Å². The van der Waals surface area contributed by atoms with Crippen molar-refractivity contribution >= 4 is 12.0 Å². The molecule has 1 fully saturated rings. The standard InChI is InChI=1S/C15H28N2O4/c1-15(2,6-5-13(19)20)7-8-16-14(21)17-9-3-4-12(10-17)11-18/h12,18H,3-11H2,1-2H3,(H,16,21)(H,19,20). The van der Waals surface area contributed by atoms with E-state index in [0.29, 0.717) is 19.5 Å². The summed E-state index contributed by atoms with van der Waals surface area (Å²) >= 11 is 0. The molecule has 0 spiro atoms. The number of nitrogens with zero attached hydrogens (tertiary/aromatic N) is 1. The van der Waals surface area contributed by atoms with Gasteiger partial charge in [0.1, 0.15) is 0 Å². The molecule has 0 aromatic rings. The fourth-order valence-electron chi connectivity index (χ4n) is 2.59. The number of rotatable bonds is 7. The molecule has 1 unspecified atom stereocenters. The Morgan fingerprint density at radius 3 is 2.67 bits per heavy atom. The highest BCUT2D eigenvalue weighted by Crippen LogP contribution is 2.26. The van der Waals surface area contributed by atoms with Crippen LogP contribution in [0.5, 0.6) is 0 Å². The third-order valence-corrected chi connectivity index (χ3v) is 4.16. The molecule has 2 amide bonds. The number of carbonyl (C=O) groups is 2. The van der Waals surface area contributed by atoms with Crippen LogP contribution in [0.25, 0.3) is 0 Å². The summed E-state index contributed by atoms with van der Waals surface area (Å²) in [6.45, 7) is 6.07. The highest BCUT2D eigenvalue weighted by molar-refractivity contribution is 5.74. The highest BCUT2D eigenvalue weighted by atomic mass is 16.4. The van der Waals surface area contributed by atoms with Crippen LogP contribution in [0.2, 0.25) is 0 Å². The van der Waals surface area contributed by atoms with Crippen LogP contribution in [0.15, 0.2) is 0 Å². The SMILES string of the molecule is CC(C)(CCNC(=O)N1CCCC(CO)C1)CCC(=O)O. The van der Waals surface area contributed by atoms with E-state index in [1.54, 1.807) is 4.90 Å². The summed E-state index contributed by atoms with van der Waals surface area (Å²) in [5.41, 5.74) is -0.0960. The molecule has 0 bridgehead atoms. The van der Waals surface area contributed by atoms with Gasteiger partial charge in [-0.05, 0) is 37.0 Å². The summed E-state index contributed by atoms with van der Waals surface area (Å²) < 4.78 is 0. The van der Waals surface area contributed by atoms with Gasteiger partial charge in [-0.2, -0.15) is 0 Å².